The summed E-state index contributed by atoms with van der Waals surface area (Å²) in [6, 6.07) is 82.2. The van der Waals surface area contributed by atoms with Gasteiger partial charge in [0, 0.05) is 31.8 Å². The fraction of sp³-hybridized carbons (Fsp3) is 0. The van der Waals surface area contributed by atoms with Crippen LogP contribution in [0.2, 0.25) is 0 Å². The molecule has 0 heterocycles. The Morgan fingerprint density at radius 1 is 0.231 bits per heavy atom. The van der Waals surface area contributed by atoms with Crippen molar-refractivity contribution < 1.29 is 0 Å². The molecular formula is C48H38N2P2. The highest BCUT2D eigenvalue weighted by Gasteiger charge is 2.29. The molecule has 8 rings (SSSR count). The molecule has 0 aromatic heterocycles. The van der Waals surface area contributed by atoms with Gasteiger partial charge in [-0.05, 0) is 29.3 Å². The average molecular weight is 705 g/mol. The van der Waals surface area contributed by atoms with Crippen LogP contribution in [0, 0.1) is 0 Å². The zero-order valence-electron chi connectivity index (χ0n) is 28.7. The topological polar surface area (TPSA) is 24.7 Å². The normalized spacial score (nSPS) is 11.5. The average Bonchev–Trinajstić information content (AvgIpc) is 3.24. The SMILES string of the molecule is c1ccc(-c2cc(N=P(c3ccccc3)(c3ccccc3)c3ccccc3)cc(N=P(c3ccccc3)(c3ccccc3)c3ccccc3)c2)cc1. The van der Waals surface area contributed by atoms with Crippen LogP contribution < -0.4 is 31.8 Å². The van der Waals surface area contributed by atoms with Gasteiger partial charge in [0.05, 0.1) is 25.5 Å². The van der Waals surface area contributed by atoms with Gasteiger partial charge >= 0.3 is 0 Å². The highest BCUT2D eigenvalue weighted by molar-refractivity contribution is 7.88. The molecule has 8 aromatic carbocycles. The highest BCUT2D eigenvalue weighted by Crippen LogP contribution is 2.53. The zero-order valence-corrected chi connectivity index (χ0v) is 30.5. The van der Waals surface area contributed by atoms with Crippen LogP contribution in [0.1, 0.15) is 0 Å². The molecule has 0 radical (unpaired) electrons. The summed E-state index contributed by atoms with van der Waals surface area (Å²) in [6.07, 6.45) is 0. The van der Waals surface area contributed by atoms with E-state index in [1.54, 1.807) is 0 Å². The third-order valence-electron chi connectivity index (χ3n) is 9.32. The van der Waals surface area contributed by atoms with Gasteiger partial charge in [0.2, 0.25) is 0 Å². The van der Waals surface area contributed by atoms with Crippen molar-refractivity contribution in [2.24, 2.45) is 9.49 Å². The van der Waals surface area contributed by atoms with Crippen molar-refractivity contribution in [3.05, 3.63) is 231 Å². The van der Waals surface area contributed by atoms with Crippen molar-refractivity contribution in [1.29, 1.82) is 0 Å². The molecule has 0 aliphatic rings. The lowest BCUT2D eigenvalue weighted by molar-refractivity contribution is 1.49. The van der Waals surface area contributed by atoms with Crippen LogP contribution in [0.4, 0.5) is 11.4 Å². The van der Waals surface area contributed by atoms with Crippen molar-refractivity contribution in [2.45, 2.75) is 0 Å². The van der Waals surface area contributed by atoms with E-state index in [0.29, 0.717) is 0 Å². The summed E-state index contributed by atoms with van der Waals surface area (Å²) in [4.78, 5) is 0. The van der Waals surface area contributed by atoms with Gasteiger partial charge in [-0.15, -0.1) is 0 Å². The molecule has 0 unspecified atom stereocenters. The summed E-state index contributed by atoms with van der Waals surface area (Å²) in [5.74, 6) is 0. The van der Waals surface area contributed by atoms with Gasteiger partial charge in [0.1, 0.15) is 0 Å². The predicted octanol–water partition coefficient (Wildman–Crippen LogP) is 11.0. The van der Waals surface area contributed by atoms with Crippen molar-refractivity contribution in [3.8, 4) is 11.1 Å². The summed E-state index contributed by atoms with van der Waals surface area (Å²) >= 11 is 0. The summed E-state index contributed by atoms with van der Waals surface area (Å²) < 4.78 is 11.9. The number of hydrogen-bond acceptors (Lipinski definition) is 2. The molecule has 0 bridgehead atoms. The largest absolute Gasteiger partial charge is 0.254 e. The fourth-order valence-corrected chi connectivity index (χ4v) is 14.0. The minimum Gasteiger partial charge on any atom is -0.254 e. The highest BCUT2D eigenvalue weighted by atomic mass is 31.2. The molecule has 52 heavy (non-hydrogen) atoms. The van der Waals surface area contributed by atoms with Gasteiger partial charge in [-0.1, -0.05) is 212 Å². The second-order valence-corrected chi connectivity index (χ2v) is 18.6. The molecule has 0 N–H and O–H groups in total. The maximum atomic E-state index is 5.96. The molecule has 0 aliphatic carbocycles. The minimum absolute atomic E-state index is 0.900. The van der Waals surface area contributed by atoms with E-state index in [1.165, 1.54) is 31.8 Å². The van der Waals surface area contributed by atoms with Gasteiger partial charge < -0.3 is 0 Å². The lowest BCUT2D eigenvalue weighted by Gasteiger charge is -2.28. The Morgan fingerprint density at radius 3 is 0.712 bits per heavy atom. The Labute approximate surface area is 307 Å². The first-order valence-corrected chi connectivity index (χ1v) is 21.0. The van der Waals surface area contributed by atoms with Gasteiger partial charge in [0.25, 0.3) is 0 Å². The van der Waals surface area contributed by atoms with E-state index < -0.39 is 14.1 Å². The second-order valence-electron chi connectivity index (χ2n) is 12.6. The van der Waals surface area contributed by atoms with Crippen LogP contribution >= 0.6 is 14.1 Å². The number of benzene rings is 8. The van der Waals surface area contributed by atoms with Crippen LogP contribution in [0.15, 0.2) is 240 Å². The standard InChI is InChI=1S/C48H38N2P2/c1-8-22-39(23-9-1)40-36-41(49-51(43-24-10-2-11-25-43,44-26-12-3-13-27-44)45-28-14-4-15-29-45)38-42(37-40)50-52(46-30-16-5-17-31-46,47-32-18-6-19-33-47)48-34-20-7-21-35-48/h1-38H. The molecule has 0 fully saturated rings. The van der Waals surface area contributed by atoms with E-state index in [1.807, 2.05) is 0 Å². The summed E-state index contributed by atoms with van der Waals surface area (Å²) in [6.45, 7) is 0. The molecule has 4 heteroatoms. The second kappa shape index (κ2) is 15.2. The first-order valence-electron chi connectivity index (χ1n) is 17.5. The molecule has 250 valence electrons. The van der Waals surface area contributed by atoms with E-state index in [2.05, 4.69) is 231 Å². The molecule has 0 saturated carbocycles. The molecule has 0 amide bonds. The summed E-state index contributed by atoms with van der Waals surface area (Å²) in [7, 11) is -5.08. The van der Waals surface area contributed by atoms with Crippen molar-refractivity contribution in [1.82, 2.24) is 0 Å². The number of hydrogen-bond donors (Lipinski definition) is 0. The maximum Gasteiger partial charge on any atom is 0.0652 e. The first-order chi connectivity index (χ1) is 25.8. The Bertz CT molecular complexity index is 2120. The lowest BCUT2D eigenvalue weighted by Crippen LogP contribution is -2.25. The molecule has 0 aliphatic heterocycles. The Morgan fingerprint density at radius 2 is 0.462 bits per heavy atom. The monoisotopic (exact) mass is 704 g/mol. The van der Waals surface area contributed by atoms with E-state index in [-0.39, 0.29) is 0 Å². The van der Waals surface area contributed by atoms with E-state index in [0.717, 1.165) is 22.5 Å². The van der Waals surface area contributed by atoms with E-state index in [4.69, 9.17) is 9.49 Å². The third kappa shape index (κ3) is 6.56. The van der Waals surface area contributed by atoms with Gasteiger partial charge in [-0.2, -0.15) is 0 Å². The summed E-state index contributed by atoms with van der Waals surface area (Å²) in [5, 5.41) is 7.23. The quantitative estimate of drug-likeness (QED) is 0.134. The van der Waals surface area contributed by atoms with Crippen molar-refractivity contribution in [3.63, 3.8) is 0 Å². The Balaban J connectivity index is 1.51. The van der Waals surface area contributed by atoms with Crippen LogP contribution in [0.25, 0.3) is 11.1 Å². The van der Waals surface area contributed by atoms with Crippen LogP contribution in [0.3, 0.4) is 0 Å². The fourth-order valence-electron chi connectivity index (χ4n) is 6.96. The Kier molecular flexibility index (Phi) is 9.77. The molecular weight excluding hydrogens is 666 g/mol. The predicted molar refractivity (Wildman–Crippen MR) is 226 cm³/mol. The molecule has 0 saturated heterocycles. The number of rotatable bonds is 9. The third-order valence-corrected chi connectivity index (χ3v) is 16.7. The van der Waals surface area contributed by atoms with Crippen LogP contribution in [0.5, 0.6) is 0 Å². The van der Waals surface area contributed by atoms with Gasteiger partial charge in [-0.25, -0.2) is 0 Å². The smallest absolute Gasteiger partial charge is 0.0652 e. The van der Waals surface area contributed by atoms with Crippen molar-refractivity contribution >= 4 is 57.3 Å². The first kappa shape index (κ1) is 33.4. The summed E-state index contributed by atoms with van der Waals surface area (Å²) in [5.41, 5.74) is 4.01. The van der Waals surface area contributed by atoms with E-state index >= 15 is 0 Å². The van der Waals surface area contributed by atoms with E-state index in [9.17, 15) is 0 Å². The van der Waals surface area contributed by atoms with Gasteiger partial charge in [-0.3, -0.25) is 9.49 Å². The number of nitrogens with zero attached hydrogens (tertiary/aromatic N) is 2. The van der Waals surface area contributed by atoms with Crippen LogP contribution in [-0.2, 0) is 0 Å². The van der Waals surface area contributed by atoms with Gasteiger partial charge in [0.15, 0.2) is 0 Å². The van der Waals surface area contributed by atoms with Crippen LogP contribution in [-0.4, -0.2) is 0 Å². The molecule has 2 nitrogen and oxygen atoms in total. The molecule has 8 aromatic rings. The molecule has 0 atom stereocenters. The lowest BCUT2D eigenvalue weighted by atomic mass is 10.0. The molecule has 0 spiro atoms. The maximum absolute atomic E-state index is 5.96. The zero-order chi connectivity index (χ0) is 35.1. The minimum atomic E-state index is -2.54. The van der Waals surface area contributed by atoms with Crippen molar-refractivity contribution in [2.75, 3.05) is 0 Å². The Hall–Kier alpha value is -5.78.